The molecule has 0 fully saturated rings. The van der Waals surface area contributed by atoms with Crippen LogP contribution in [0.2, 0.25) is 0 Å². The van der Waals surface area contributed by atoms with Crippen LogP contribution < -0.4 is 24.7 Å². The van der Waals surface area contributed by atoms with Gasteiger partial charge in [-0.25, -0.2) is 9.59 Å². The zero-order chi connectivity index (χ0) is 45.8. The predicted octanol–water partition coefficient (Wildman–Crippen LogP) is 8.18. The van der Waals surface area contributed by atoms with E-state index in [1.165, 1.54) is 109 Å². The maximum Gasteiger partial charge on any atom is 0.422 e. The van der Waals surface area contributed by atoms with Crippen LogP contribution in [0.1, 0.15) is 43.8 Å². The summed E-state index contributed by atoms with van der Waals surface area (Å²) in [5, 5.41) is 22.6. The number of hydrogen-bond acceptors (Lipinski definition) is 11. The van der Waals surface area contributed by atoms with E-state index in [2.05, 4.69) is 9.47 Å². The number of esters is 2. The molecule has 0 aliphatic heterocycles. The quantitative estimate of drug-likeness (QED) is 0.0255. The number of carbonyl (C=O) groups is 4. The highest BCUT2D eigenvalue weighted by molar-refractivity contribution is 6.02. The molecule has 0 saturated heterocycles. The normalized spacial score (nSPS) is 13.3. The van der Waals surface area contributed by atoms with Gasteiger partial charge in [0.25, 0.3) is 0 Å². The molecule has 0 aliphatic rings. The van der Waals surface area contributed by atoms with Crippen molar-refractivity contribution in [3.63, 3.8) is 0 Å². The van der Waals surface area contributed by atoms with E-state index in [1.807, 2.05) is 0 Å². The summed E-state index contributed by atoms with van der Waals surface area (Å²) in [6.07, 6.45) is -7.03. The smallest absolute Gasteiger partial charge is 0.422 e. The molecule has 5 aromatic rings. The van der Waals surface area contributed by atoms with Crippen LogP contribution >= 0.6 is 0 Å². The van der Waals surface area contributed by atoms with Gasteiger partial charge in [-0.3, -0.25) is 9.59 Å². The Morgan fingerprint density at radius 3 is 1.38 bits per heavy atom. The van der Waals surface area contributed by atoms with Crippen LogP contribution in [0.4, 0.5) is 32.0 Å². The summed E-state index contributed by atoms with van der Waals surface area (Å²) >= 11 is 0. The van der Waals surface area contributed by atoms with E-state index < -0.39 is 67.2 Å². The summed E-state index contributed by atoms with van der Waals surface area (Å²) < 4.78 is 94.2. The molecular weight excluding hydrogens is 840 g/mol. The molecule has 5 rings (SSSR count). The molecule has 0 bridgehead atoms. The summed E-state index contributed by atoms with van der Waals surface area (Å²) in [6.45, 7) is -2.98. The number of nitrogen functional groups attached to an aromatic ring is 1. The van der Waals surface area contributed by atoms with Crippen molar-refractivity contribution in [2.45, 2.75) is 36.9 Å². The van der Waals surface area contributed by atoms with Crippen LogP contribution in [0.15, 0.2) is 133 Å². The summed E-state index contributed by atoms with van der Waals surface area (Å²) in [5.41, 5.74) is 5.39. The van der Waals surface area contributed by atoms with Gasteiger partial charge in [0.05, 0.1) is 11.1 Å². The Balaban J connectivity index is 1.18. The highest BCUT2D eigenvalue weighted by Crippen LogP contribution is 2.26. The fourth-order valence-electron chi connectivity index (χ4n) is 5.60. The van der Waals surface area contributed by atoms with Crippen molar-refractivity contribution in [2.75, 3.05) is 18.9 Å². The number of halogens is 6. The lowest BCUT2D eigenvalue weighted by atomic mass is 9.83. The Hall–Kier alpha value is -7.24. The molecule has 0 heterocycles. The molecule has 0 spiro atoms. The molecule has 0 aliphatic carbocycles. The third-order valence-corrected chi connectivity index (χ3v) is 8.83. The van der Waals surface area contributed by atoms with Crippen molar-refractivity contribution in [1.29, 1.82) is 0 Å². The van der Waals surface area contributed by atoms with Crippen molar-refractivity contribution >= 4 is 41.3 Å². The second-order valence-electron chi connectivity index (χ2n) is 13.9. The lowest BCUT2D eigenvalue weighted by Crippen LogP contribution is -2.44. The standard InChI is InChI=1S/C46H37F6NO10/c47-45(48,49)27-60-35-19-9-32(10-20-35)42(57)62-37-15-3-29(4-16-37)7-23-39(54)40(55)26-44(59,25-31-1-13-34(53)14-2-31)41(56)24-8-30-5-17-38(18-6-30)63-43(58)33-11-21-36(22-12-33)61-28-46(50,51)52/h1-24,40,55,59H,25-28,53H2/b23-7+,24-8+. The van der Waals surface area contributed by atoms with Crippen molar-refractivity contribution in [2.24, 2.45) is 0 Å². The number of aliphatic hydroxyl groups is 2. The number of carbonyl (C=O) groups excluding carboxylic acids is 4. The summed E-state index contributed by atoms with van der Waals surface area (Å²) in [6, 6.07) is 27.7. The minimum absolute atomic E-state index is 0.0453. The largest absolute Gasteiger partial charge is 0.484 e. The van der Waals surface area contributed by atoms with Gasteiger partial charge in [0, 0.05) is 18.5 Å². The van der Waals surface area contributed by atoms with Crippen LogP contribution in [0.5, 0.6) is 23.0 Å². The number of alkyl halides is 6. The number of benzene rings is 5. The lowest BCUT2D eigenvalue weighted by Gasteiger charge is -2.27. The van der Waals surface area contributed by atoms with E-state index in [4.69, 9.17) is 15.2 Å². The number of hydrogen-bond donors (Lipinski definition) is 3. The highest BCUT2D eigenvalue weighted by atomic mass is 19.4. The first kappa shape index (κ1) is 46.8. The van der Waals surface area contributed by atoms with Crippen LogP contribution in [0.3, 0.4) is 0 Å². The van der Waals surface area contributed by atoms with Crippen LogP contribution in [-0.2, 0) is 16.0 Å². The molecule has 328 valence electrons. The van der Waals surface area contributed by atoms with Crippen molar-refractivity contribution in [1.82, 2.24) is 0 Å². The Bertz CT molecular complexity index is 2410. The highest BCUT2D eigenvalue weighted by Gasteiger charge is 2.38. The van der Waals surface area contributed by atoms with Gasteiger partial charge in [0.1, 0.15) is 34.7 Å². The summed E-state index contributed by atoms with van der Waals surface area (Å²) in [5.74, 6) is -3.23. The van der Waals surface area contributed by atoms with Crippen LogP contribution in [0, 0.1) is 0 Å². The molecule has 0 aromatic heterocycles. The van der Waals surface area contributed by atoms with Crippen LogP contribution in [-0.4, -0.2) is 71.0 Å². The molecule has 63 heavy (non-hydrogen) atoms. The monoisotopic (exact) mass is 877 g/mol. The van der Waals surface area contributed by atoms with E-state index in [1.54, 1.807) is 24.3 Å². The Labute approximate surface area is 355 Å². The maximum atomic E-state index is 13.6. The van der Waals surface area contributed by atoms with Gasteiger partial charge in [0.2, 0.25) is 0 Å². The molecule has 2 atom stereocenters. The van der Waals surface area contributed by atoms with Crippen molar-refractivity contribution in [3.05, 3.63) is 161 Å². The first-order chi connectivity index (χ1) is 29.7. The Kier molecular flexibility index (Phi) is 15.3. The van der Waals surface area contributed by atoms with E-state index in [-0.39, 0.29) is 40.5 Å². The number of ether oxygens (including phenoxy) is 4. The number of rotatable bonds is 18. The Morgan fingerprint density at radius 1 is 0.571 bits per heavy atom. The second-order valence-corrected chi connectivity index (χ2v) is 13.9. The van der Waals surface area contributed by atoms with E-state index in [0.717, 1.165) is 12.2 Å². The molecular formula is C46H37F6NO10. The predicted molar refractivity (Wildman–Crippen MR) is 217 cm³/mol. The van der Waals surface area contributed by atoms with Crippen molar-refractivity contribution < 1.29 is 74.7 Å². The van der Waals surface area contributed by atoms with Gasteiger partial charge < -0.3 is 34.9 Å². The topological polar surface area (TPSA) is 172 Å². The minimum Gasteiger partial charge on any atom is -0.484 e. The molecule has 0 radical (unpaired) electrons. The number of aliphatic hydroxyl groups excluding tert-OH is 1. The molecule has 4 N–H and O–H groups in total. The van der Waals surface area contributed by atoms with E-state index in [9.17, 15) is 55.7 Å². The van der Waals surface area contributed by atoms with Crippen LogP contribution in [0.25, 0.3) is 12.2 Å². The SMILES string of the molecule is Nc1ccc(CC(O)(CC(O)C(=O)/C=C/c2ccc(OC(=O)c3ccc(OCC(F)(F)F)cc3)cc2)C(=O)/C=C/c2ccc(OC(=O)c3ccc(OCC(F)(F)F)cc3)cc2)cc1. The first-order valence-corrected chi connectivity index (χ1v) is 18.7. The zero-order valence-corrected chi connectivity index (χ0v) is 32.8. The number of nitrogens with two attached hydrogens (primary N) is 1. The maximum absolute atomic E-state index is 13.6. The van der Waals surface area contributed by atoms with Gasteiger partial charge in [-0.15, -0.1) is 0 Å². The van der Waals surface area contributed by atoms with E-state index >= 15 is 0 Å². The fourth-order valence-corrected chi connectivity index (χ4v) is 5.60. The van der Waals surface area contributed by atoms with E-state index in [0.29, 0.717) is 22.4 Å². The van der Waals surface area contributed by atoms with Crippen molar-refractivity contribution in [3.8, 4) is 23.0 Å². The van der Waals surface area contributed by atoms with Gasteiger partial charge in [-0.2, -0.15) is 26.3 Å². The van der Waals surface area contributed by atoms with Gasteiger partial charge in [-0.05, 0) is 114 Å². The van der Waals surface area contributed by atoms with Gasteiger partial charge in [0.15, 0.2) is 24.8 Å². The molecule has 2 unspecified atom stereocenters. The number of ketones is 2. The average molecular weight is 878 g/mol. The molecule has 0 saturated carbocycles. The molecule has 5 aromatic carbocycles. The minimum atomic E-state index is -4.52. The third kappa shape index (κ3) is 15.0. The van der Waals surface area contributed by atoms with Gasteiger partial charge in [-0.1, -0.05) is 48.6 Å². The lowest BCUT2D eigenvalue weighted by molar-refractivity contribution is -0.154. The fraction of sp³-hybridized carbons (Fsp3) is 0.174. The summed E-state index contributed by atoms with van der Waals surface area (Å²) in [7, 11) is 0. The van der Waals surface area contributed by atoms with Gasteiger partial charge >= 0.3 is 24.3 Å². The second kappa shape index (κ2) is 20.5. The molecule has 17 heteroatoms. The summed E-state index contributed by atoms with van der Waals surface area (Å²) in [4.78, 5) is 51.7. The molecule has 0 amide bonds. The first-order valence-electron chi connectivity index (χ1n) is 18.7. The number of anilines is 1. The zero-order valence-electron chi connectivity index (χ0n) is 32.8. The average Bonchev–Trinajstić information content (AvgIpc) is 3.24. The molecule has 11 nitrogen and oxygen atoms in total. The third-order valence-electron chi connectivity index (χ3n) is 8.83. The Morgan fingerprint density at radius 2 is 0.968 bits per heavy atom.